The molecule has 1 saturated carbocycles. The molecule has 2 aliphatic rings. The minimum Gasteiger partial charge on any atom is -0.458 e. The van der Waals surface area contributed by atoms with Gasteiger partial charge in [-0.1, -0.05) is 24.6 Å². The van der Waals surface area contributed by atoms with Crippen molar-refractivity contribution in [2.75, 3.05) is 6.54 Å². The number of hydrogen-bond donors (Lipinski definition) is 1. The highest BCUT2D eigenvalue weighted by Crippen LogP contribution is 2.43. The molecule has 1 aromatic heterocycles. The van der Waals surface area contributed by atoms with Crippen LogP contribution in [0.25, 0.3) is 10.9 Å². The average molecular weight is 354 g/mol. The number of nitrogens with zero attached hydrogens (tertiary/aromatic N) is 1. The van der Waals surface area contributed by atoms with Crippen molar-refractivity contribution in [3.63, 3.8) is 0 Å². The van der Waals surface area contributed by atoms with Crippen molar-refractivity contribution in [3.8, 4) is 0 Å². The summed E-state index contributed by atoms with van der Waals surface area (Å²) >= 11 is 0. The van der Waals surface area contributed by atoms with Crippen LogP contribution in [0.4, 0.5) is 0 Å². The molecule has 1 amide bonds. The van der Waals surface area contributed by atoms with Crippen molar-refractivity contribution in [1.29, 1.82) is 0 Å². The minimum atomic E-state index is -0.552. The smallest absolute Gasteiger partial charge is 0.329 e. The molecule has 1 aromatic carbocycles. The van der Waals surface area contributed by atoms with Gasteiger partial charge in [-0.05, 0) is 57.6 Å². The summed E-state index contributed by atoms with van der Waals surface area (Å²) in [6.07, 6.45) is 3.20. The van der Waals surface area contributed by atoms with Gasteiger partial charge >= 0.3 is 5.97 Å². The fourth-order valence-electron chi connectivity index (χ4n) is 4.52. The Morgan fingerprint density at radius 3 is 2.69 bits per heavy atom. The Morgan fingerprint density at radius 1 is 1.19 bits per heavy atom. The van der Waals surface area contributed by atoms with Gasteiger partial charge in [0.25, 0.3) is 5.91 Å². The molecule has 138 valence electrons. The number of rotatable bonds is 2. The van der Waals surface area contributed by atoms with E-state index in [1.165, 1.54) is 0 Å². The number of benzene rings is 1. The third-order valence-electron chi connectivity index (χ3n) is 5.56. The molecule has 0 spiro atoms. The van der Waals surface area contributed by atoms with Gasteiger partial charge in [0.1, 0.15) is 17.3 Å². The molecule has 5 nitrogen and oxygen atoms in total. The molecule has 2 aromatic rings. The van der Waals surface area contributed by atoms with Crippen LogP contribution in [0.5, 0.6) is 0 Å². The maximum Gasteiger partial charge on any atom is 0.329 e. The van der Waals surface area contributed by atoms with Crippen molar-refractivity contribution in [1.82, 2.24) is 9.88 Å². The van der Waals surface area contributed by atoms with Crippen molar-refractivity contribution in [2.45, 2.75) is 51.7 Å². The molecule has 1 aliphatic heterocycles. The molecule has 3 unspecified atom stereocenters. The molecule has 1 N–H and O–H groups in total. The predicted octanol–water partition coefficient (Wildman–Crippen LogP) is 3.75. The lowest BCUT2D eigenvalue weighted by molar-refractivity contribution is -0.160. The molecule has 0 bridgehead atoms. The summed E-state index contributed by atoms with van der Waals surface area (Å²) in [6, 6.07) is 9.23. The Labute approximate surface area is 153 Å². The summed E-state index contributed by atoms with van der Waals surface area (Å²) in [5.74, 6) is 0.252. The molecule has 5 heteroatoms. The molecule has 0 radical (unpaired) electrons. The lowest BCUT2D eigenvalue weighted by Crippen LogP contribution is -2.46. The van der Waals surface area contributed by atoms with Crippen LogP contribution in [-0.4, -0.2) is 39.9 Å². The van der Waals surface area contributed by atoms with Crippen LogP contribution in [-0.2, 0) is 9.53 Å². The van der Waals surface area contributed by atoms with Crippen LogP contribution in [0.3, 0.4) is 0 Å². The molecule has 2 heterocycles. The van der Waals surface area contributed by atoms with Crippen LogP contribution in [0.1, 0.15) is 50.5 Å². The number of carbonyl (C=O) groups is 2. The van der Waals surface area contributed by atoms with Gasteiger partial charge in [0, 0.05) is 17.4 Å². The first-order valence-corrected chi connectivity index (χ1v) is 9.45. The standard InChI is InChI=1S/C21H26N2O3/c1-21(2,3)26-20(25)18-15-9-6-8-14(15)12-23(18)19(24)17-11-13-7-4-5-10-16(13)22-17/h4-5,7,10-11,14-15,18,22H,6,8-9,12H2,1-3H3. The summed E-state index contributed by atoms with van der Waals surface area (Å²) in [5, 5.41) is 1.00. The van der Waals surface area contributed by atoms with E-state index >= 15 is 0 Å². The van der Waals surface area contributed by atoms with Crippen molar-refractivity contribution in [2.24, 2.45) is 11.8 Å². The van der Waals surface area contributed by atoms with Crippen molar-refractivity contribution in [3.05, 3.63) is 36.0 Å². The van der Waals surface area contributed by atoms with Gasteiger partial charge in [0.2, 0.25) is 0 Å². The molecule has 4 rings (SSSR count). The molecule has 26 heavy (non-hydrogen) atoms. The zero-order valence-electron chi connectivity index (χ0n) is 15.6. The first-order valence-electron chi connectivity index (χ1n) is 9.45. The zero-order chi connectivity index (χ0) is 18.5. The third kappa shape index (κ3) is 3.00. The molecule has 1 saturated heterocycles. The minimum absolute atomic E-state index is 0.105. The van der Waals surface area contributed by atoms with Gasteiger partial charge in [0.05, 0.1) is 0 Å². The SMILES string of the molecule is CC(C)(C)OC(=O)C1C2CCCC2CN1C(=O)c1cc2ccccc2[nH]1. The second kappa shape index (κ2) is 6.15. The molecular formula is C21H26N2O3. The third-order valence-corrected chi connectivity index (χ3v) is 5.56. The van der Waals surface area contributed by atoms with Gasteiger partial charge in [-0.2, -0.15) is 0 Å². The second-order valence-electron chi connectivity index (χ2n) is 8.56. The normalized spacial score (nSPS) is 25.5. The van der Waals surface area contributed by atoms with E-state index in [0.717, 1.165) is 30.2 Å². The highest BCUT2D eigenvalue weighted by atomic mass is 16.6. The average Bonchev–Trinajstić information content (AvgIpc) is 3.25. The number of aromatic nitrogens is 1. The summed E-state index contributed by atoms with van der Waals surface area (Å²) in [6.45, 7) is 6.25. The Morgan fingerprint density at radius 2 is 1.96 bits per heavy atom. The number of likely N-dealkylation sites (tertiary alicyclic amines) is 1. The fraction of sp³-hybridized carbons (Fsp3) is 0.524. The number of aromatic amines is 1. The number of para-hydroxylation sites is 1. The molecular weight excluding hydrogens is 328 g/mol. The number of carbonyl (C=O) groups excluding carboxylic acids is 2. The zero-order valence-corrected chi connectivity index (χ0v) is 15.6. The Hall–Kier alpha value is -2.30. The number of ether oxygens (including phenoxy) is 1. The van der Waals surface area contributed by atoms with Crippen LogP contribution in [0.2, 0.25) is 0 Å². The Bertz CT molecular complexity index is 815. The number of amides is 1. The Balaban J connectivity index is 1.64. The van der Waals surface area contributed by atoms with Crippen molar-refractivity contribution < 1.29 is 14.3 Å². The molecule has 3 atom stereocenters. The van der Waals surface area contributed by atoms with Gasteiger partial charge in [0.15, 0.2) is 0 Å². The highest BCUT2D eigenvalue weighted by molar-refractivity contribution is 6.00. The maximum absolute atomic E-state index is 13.2. The predicted molar refractivity (Wildman–Crippen MR) is 99.8 cm³/mol. The van der Waals surface area contributed by atoms with Gasteiger partial charge in [-0.25, -0.2) is 4.79 Å². The van der Waals surface area contributed by atoms with E-state index in [1.54, 1.807) is 4.90 Å². The summed E-state index contributed by atoms with van der Waals surface area (Å²) in [7, 11) is 0. The number of nitrogens with one attached hydrogen (secondary N) is 1. The quantitative estimate of drug-likeness (QED) is 0.836. The summed E-state index contributed by atoms with van der Waals surface area (Å²) in [4.78, 5) is 31.1. The lowest BCUT2D eigenvalue weighted by atomic mass is 9.94. The van der Waals surface area contributed by atoms with E-state index in [9.17, 15) is 9.59 Å². The van der Waals surface area contributed by atoms with Crippen LogP contribution in [0.15, 0.2) is 30.3 Å². The highest BCUT2D eigenvalue weighted by Gasteiger charge is 2.51. The van der Waals surface area contributed by atoms with Gasteiger partial charge < -0.3 is 14.6 Å². The van der Waals surface area contributed by atoms with Crippen LogP contribution >= 0.6 is 0 Å². The number of hydrogen-bond acceptors (Lipinski definition) is 3. The second-order valence-corrected chi connectivity index (χ2v) is 8.56. The fourth-order valence-corrected chi connectivity index (χ4v) is 4.52. The van der Waals surface area contributed by atoms with Gasteiger partial charge in [-0.15, -0.1) is 0 Å². The van der Waals surface area contributed by atoms with Crippen LogP contribution in [0, 0.1) is 11.8 Å². The monoisotopic (exact) mass is 354 g/mol. The van der Waals surface area contributed by atoms with Crippen LogP contribution < -0.4 is 0 Å². The topological polar surface area (TPSA) is 62.4 Å². The van der Waals surface area contributed by atoms with E-state index in [4.69, 9.17) is 4.74 Å². The largest absolute Gasteiger partial charge is 0.458 e. The first kappa shape index (κ1) is 17.1. The molecule has 2 fully saturated rings. The van der Waals surface area contributed by atoms with Gasteiger partial charge in [-0.3, -0.25) is 4.79 Å². The van der Waals surface area contributed by atoms with E-state index in [0.29, 0.717) is 18.2 Å². The van der Waals surface area contributed by atoms with E-state index < -0.39 is 11.6 Å². The summed E-state index contributed by atoms with van der Waals surface area (Å²) < 4.78 is 5.66. The Kier molecular flexibility index (Phi) is 4.05. The number of fused-ring (bicyclic) bond motifs is 2. The van der Waals surface area contributed by atoms with Crippen molar-refractivity contribution >= 4 is 22.8 Å². The van der Waals surface area contributed by atoms with E-state index in [-0.39, 0.29) is 17.8 Å². The van der Waals surface area contributed by atoms with E-state index in [1.807, 2.05) is 51.1 Å². The summed E-state index contributed by atoms with van der Waals surface area (Å²) in [5.41, 5.74) is 0.924. The first-order chi connectivity index (χ1) is 12.3. The number of H-pyrrole nitrogens is 1. The maximum atomic E-state index is 13.2. The lowest BCUT2D eigenvalue weighted by Gasteiger charge is -2.29. The molecule has 1 aliphatic carbocycles. The van der Waals surface area contributed by atoms with E-state index in [2.05, 4.69) is 4.98 Å². The number of esters is 1.